The summed E-state index contributed by atoms with van der Waals surface area (Å²) < 4.78 is 5.34. The fourth-order valence-electron chi connectivity index (χ4n) is 4.05. The Morgan fingerprint density at radius 2 is 1.68 bits per heavy atom. The molecule has 0 fully saturated rings. The molecule has 180 valence electrons. The Morgan fingerprint density at radius 3 is 2.35 bits per heavy atom. The maximum absolute atomic E-state index is 13.1. The highest BCUT2D eigenvalue weighted by atomic mass is 16.5. The third-order valence-electron chi connectivity index (χ3n) is 6.02. The quantitative estimate of drug-likeness (QED) is 0.480. The Morgan fingerprint density at radius 1 is 0.941 bits per heavy atom. The molecule has 2 N–H and O–H groups in total. The van der Waals surface area contributed by atoms with E-state index in [1.54, 1.807) is 7.11 Å². The van der Waals surface area contributed by atoms with Crippen LogP contribution in [0.5, 0.6) is 5.75 Å². The number of fused-ring (bicyclic) bond motifs is 1. The van der Waals surface area contributed by atoms with Gasteiger partial charge in [0.15, 0.2) is 0 Å². The Labute approximate surface area is 202 Å². The number of ether oxygens (including phenoxy) is 1. The van der Waals surface area contributed by atoms with Crippen molar-refractivity contribution in [2.24, 2.45) is 5.92 Å². The zero-order valence-electron chi connectivity index (χ0n) is 20.7. The number of hydrogen-bond donors (Lipinski definition) is 2. The van der Waals surface area contributed by atoms with E-state index in [2.05, 4.69) is 15.5 Å². The molecule has 3 rings (SSSR count). The standard InChI is InChI=1S/C28H35N3O3/c1-19(2)27(30-26(32)16-20-13-14-21-9-6-7-10-22(21)15-20)28(33)29-18-25(31(3)4)23-11-8-12-24(17-23)34-5/h6-15,17,19,25,27H,16,18H2,1-5H3,(H,29,33)(H,30,32). The van der Waals surface area contributed by atoms with Crippen molar-refractivity contribution < 1.29 is 14.3 Å². The summed E-state index contributed by atoms with van der Waals surface area (Å²) in [6.45, 7) is 4.29. The van der Waals surface area contributed by atoms with Crippen LogP contribution >= 0.6 is 0 Å². The third kappa shape index (κ3) is 6.58. The summed E-state index contributed by atoms with van der Waals surface area (Å²) in [5, 5.41) is 8.21. The molecule has 0 bridgehead atoms. The molecule has 0 aliphatic carbocycles. The molecule has 2 atom stereocenters. The van der Waals surface area contributed by atoms with Gasteiger partial charge in [-0.05, 0) is 54.0 Å². The molecule has 0 aliphatic heterocycles. The molecule has 0 saturated carbocycles. The van der Waals surface area contributed by atoms with Gasteiger partial charge >= 0.3 is 0 Å². The lowest BCUT2D eigenvalue weighted by molar-refractivity contribution is -0.129. The summed E-state index contributed by atoms with van der Waals surface area (Å²) in [5.74, 6) is 0.379. The van der Waals surface area contributed by atoms with Gasteiger partial charge in [-0.2, -0.15) is 0 Å². The van der Waals surface area contributed by atoms with Gasteiger partial charge < -0.3 is 20.3 Å². The predicted molar refractivity (Wildman–Crippen MR) is 137 cm³/mol. The normalized spacial score (nSPS) is 13.0. The van der Waals surface area contributed by atoms with Crippen molar-refractivity contribution in [2.45, 2.75) is 32.4 Å². The highest BCUT2D eigenvalue weighted by Gasteiger charge is 2.25. The lowest BCUT2D eigenvalue weighted by Gasteiger charge is -2.27. The second-order valence-corrected chi connectivity index (χ2v) is 9.15. The van der Waals surface area contributed by atoms with E-state index in [1.807, 2.05) is 94.7 Å². The molecule has 2 amide bonds. The molecule has 0 spiro atoms. The maximum Gasteiger partial charge on any atom is 0.242 e. The zero-order chi connectivity index (χ0) is 24.7. The van der Waals surface area contributed by atoms with Crippen LogP contribution in [0.3, 0.4) is 0 Å². The van der Waals surface area contributed by atoms with Gasteiger partial charge in [0, 0.05) is 6.54 Å². The van der Waals surface area contributed by atoms with E-state index in [9.17, 15) is 9.59 Å². The highest BCUT2D eigenvalue weighted by molar-refractivity contribution is 5.89. The average molecular weight is 462 g/mol. The summed E-state index contributed by atoms with van der Waals surface area (Å²) in [7, 11) is 5.59. The summed E-state index contributed by atoms with van der Waals surface area (Å²) in [6, 6.07) is 21.3. The van der Waals surface area contributed by atoms with Crippen molar-refractivity contribution in [1.29, 1.82) is 0 Å². The van der Waals surface area contributed by atoms with Crippen LogP contribution in [-0.4, -0.2) is 50.5 Å². The van der Waals surface area contributed by atoms with Gasteiger partial charge in [-0.1, -0.05) is 68.4 Å². The van der Waals surface area contributed by atoms with Crippen LogP contribution in [0, 0.1) is 5.92 Å². The highest BCUT2D eigenvalue weighted by Crippen LogP contribution is 2.22. The van der Waals surface area contributed by atoms with Crippen LogP contribution in [0.25, 0.3) is 10.8 Å². The number of nitrogens with zero attached hydrogens (tertiary/aromatic N) is 1. The van der Waals surface area contributed by atoms with Crippen molar-refractivity contribution in [2.75, 3.05) is 27.7 Å². The van der Waals surface area contributed by atoms with Crippen LogP contribution in [0.1, 0.15) is 31.0 Å². The topological polar surface area (TPSA) is 70.7 Å². The van der Waals surface area contributed by atoms with E-state index in [0.29, 0.717) is 6.54 Å². The van der Waals surface area contributed by atoms with Crippen LogP contribution in [0.2, 0.25) is 0 Å². The molecule has 0 aliphatic rings. The van der Waals surface area contributed by atoms with E-state index >= 15 is 0 Å². The maximum atomic E-state index is 13.1. The molecular formula is C28H35N3O3. The fraction of sp³-hybridized carbons (Fsp3) is 0.357. The SMILES string of the molecule is COc1cccc(C(CNC(=O)C(NC(=O)Cc2ccc3ccccc3c2)C(C)C)N(C)C)c1. The van der Waals surface area contributed by atoms with Crippen LogP contribution < -0.4 is 15.4 Å². The van der Waals surface area contributed by atoms with E-state index in [1.165, 1.54) is 0 Å². The van der Waals surface area contributed by atoms with Crippen LogP contribution in [0.4, 0.5) is 0 Å². The smallest absolute Gasteiger partial charge is 0.242 e. The molecule has 34 heavy (non-hydrogen) atoms. The molecule has 0 aromatic heterocycles. The lowest BCUT2D eigenvalue weighted by atomic mass is 10.0. The van der Waals surface area contributed by atoms with Crippen LogP contribution in [0.15, 0.2) is 66.7 Å². The van der Waals surface area contributed by atoms with Crippen molar-refractivity contribution in [1.82, 2.24) is 15.5 Å². The van der Waals surface area contributed by atoms with Gasteiger partial charge in [-0.3, -0.25) is 9.59 Å². The Balaban J connectivity index is 1.63. The third-order valence-corrected chi connectivity index (χ3v) is 6.02. The first-order chi connectivity index (χ1) is 16.3. The molecule has 6 heteroatoms. The Bertz CT molecular complexity index is 1130. The molecule has 0 heterocycles. The van der Waals surface area contributed by atoms with E-state index in [4.69, 9.17) is 4.74 Å². The van der Waals surface area contributed by atoms with Gasteiger partial charge in [0.1, 0.15) is 11.8 Å². The monoisotopic (exact) mass is 461 g/mol. The number of benzene rings is 3. The summed E-state index contributed by atoms with van der Waals surface area (Å²) in [6.07, 6.45) is 0.228. The number of carbonyl (C=O) groups excluding carboxylic acids is 2. The number of amides is 2. The minimum absolute atomic E-state index is 0.0276. The summed E-state index contributed by atoms with van der Waals surface area (Å²) in [4.78, 5) is 27.9. The molecule has 3 aromatic rings. The summed E-state index contributed by atoms with van der Waals surface area (Å²) >= 11 is 0. The van der Waals surface area contributed by atoms with Gasteiger partial charge in [-0.15, -0.1) is 0 Å². The lowest BCUT2D eigenvalue weighted by Crippen LogP contribution is -2.51. The Hall–Kier alpha value is -3.38. The largest absolute Gasteiger partial charge is 0.497 e. The number of rotatable bonds is 10. The number of likely N-dealkylation sites (N-methyl/N-ethyl adjacent to an activating group) is 1. The minimum atomic E-state index is -0.610. The first-order valence-electron chi connectivity index (χ1n) is 11.6. The van der Waals surface area contributed by atoms with Gasteiger partial charge in [0.2, 0.25) is 11.8 Å². The van der Waals surface area contributed by atoms with Crippen molar-refractivity contribution in [3.8, 4) is 5.75 Å². The molecular weight excluding hydrogens is 426 g/mol. The first-order valence-corrected chi connectivity index (χ1v) is 11.6. The molecule has 6 nitrogen and oxygen atoms in total. The zero-order valence-corrected chi connectivity index (χ0v) is 20.7. The number of hydrogen-bond acceptors (Lipinski definition) is 4. The van der Waals surface area contributed by atoms with Crippen molar-refractivity contribution in [3.63, 3.8) is 0 Å². The summed E-state index contributed by atoms with van der Waals surface area (Å²) in [5.41, 5.74) is 1.97. The van der Waals surface area contributed by atoms with E-state index < -0.39 is 6.04 Å². The van der Waals surface area contributed by atoms with Crippen molar-refractivity contribution in [3.05, 3.63) is 77.9 Å². The molecule has 0 radical (unpaired) electrons. The van der Waals surface area contributed by atoms with E-state index in [0.717, 1.165) is 27.6 Å². The van der Waals surface area contributed by atoms with Crippen molar-refractivity contribution >= 4 is 22.6 Å². The number of methoxy groups -OCH3 is 1. The minimum Gasteiger partial charge on any atom is -0.497 e. The predicted octanol–water partition coefficient (Wildman–Crippen LogP) is 3.95. The number of carbonyl (C=O) groups is 2. The fourth-order valence-corrected chi connectivity index (χ4v) is 4.05. The average Bonchev–Trinajstić information content (AvgIpc) is 2.82. The number of nitrogens with one attached hydrogen (secondary N) is 2. The van der Waals surface area contributed by atoms with E-state index in [-0.39, 0.29) is 30.2 Å². The molecule has 0 saturated heterocycles. The Kier molecular flexibility index (Phi) is 8.66. The second-order valence-electron chi connectivity index (χ2n) is 9.15. The molecule has 3 aromatic carbocycles. The van der Waals surface area contributed by atoms with Gasteiger partial charge in [0.05, 0.1) is 19.6 Å². The molecule has 2 unspecified atom stereocenters. The second kappa shape index (κ2) is 11.7. The van der Waals surface area contributed by atoms with Gasteiger partial charge in [-0.25, -0.2) is 0 Å². The first kappa shape index (κ1) is 25.2. The van der Waals surface area contributed by atoms with Gasteiger partial charge in [0.25, 0.3) is 0 Å². The van der Waals surface area contributed by atoms with Crippen LogP contribution in [-0.2, 0) is 16.0 Å².